The summed E-state index contributed by atoms with van der Waals surface area (Å²) in [6, 6.07) is 31.3. The van der Waals surface area contributed by atoms with Crippen LogP contribution in [-0.4, -0.2) is 30.6 Å². The maximum absolute atomic E-state index is 4.71. The van der Waals surface area contributed by atoms with Gasteiger partial charge in [0.05, 0.1) is 11.0 Å². The third kappa shape index (κ3) is 4.42. The highest BCUT2D eigenvalue weighted by Crippen LogP contribution is 2.26. The Morgan fingerprint density at radius 1 is 0.743 bits per heavy atom. The second kappa shape index (κ2) is 9.27. The Morgan fingerprint density at radius 2 is 1.54 bits per heavy atom. The first-order valence-corrected chi connectivity index (χ1v) is 11.7. The van der Waals surface area contributed by atoms with Gasteiger partial charge in [-0.25, -0.2) is 9.97 Å². The van der Waals surface area contributed by atoms with Crippen molar-refractivity contribution in [3.63, 3.8) is 0 Å². The molecule has 1 N–H and O–H groups in total. The van der Waals surface area contributed by atoms with Crippen molar-refractivity contribution in [2.75, 3.05) is 11.9 Å². The predicted octanol–water partition coefficient (Wildman–Crippen LogP) is 5.93. The van der Waals surface area contributed by atoms with E-state index < -0.39 is 0 Å². The topological polar surface area (TPSA) is 60.6 Å². The normalized spacial score (nSPS) is 11.1. The van der Waals surface area contributed by atoms with Gasteiger partial charge < -0.3 is 9.88 Å². The van der Waals surface area contributed by atoms with E-state index in [4.69, 9.17) is 4.98 Å². The van der Waals surface area contributed by atoms with Gasteiger partial charge in [-0.15, -0.1) is 0 Å². The lowest BCUT2D eigenvalue weighted by Crippen LogP contribution is -2.09. The van der Waals surface area contributed by atoms with Crippen LogP contribution in [-0.2, 0) is 6.42 Å². The summed E-state index contributed by atoms with van der Waals surface area (Å²) in [6.45, 7) is 0.768. The van der Waals surface area contributed by atoms with Crippen LogP contribution < -0.4 is 5.32 Å². The largest absolute Gasteiger partial charge is 0.354 e. The van der Waals surface area contributed by atoms with Crippen LogP contribution in [0.15, 0.2) is 116 Å². The van der Waals surface area contributed by atoms with Gasteiger partial charge in [0.1, 0.15) is 12.1 Å². The molecule has 0 unspecified atom stereocenters. The third-order valence-electron chi connectivity index (χ3n) is 6.08. The van der Waals surface area contributed by atoms with Gasteiger partial charge in [-0.1, -0.05) is 48.5 Å². The van der Waals surface area contributed by atoms with Crippen molar-refractivity contribution in [3.05, 3.63) is 121 Å². The molecule has 6 nitrogen and oxygen atoms in total. The van der Waals surface area contributed by atoms with E-state index in [1.54, 1.807) is 6.20 Å². The van der Waals surface area contributed by atoms with E-state index in [9.17, 15) is 0 Å². The van der Waals surface area contributed by atoms with Crippen molar-refractivity contribution >= 4 is 17.0 Å². The first kappa shape index (κ1) is 20.9. The lowest BCUT2D eigenvalue weighted by atomic mass is 10.0. The Bertz CT molecular complexity index is 1550. The summed E-state index contributed by atoms with van der Waals surface area (Å²) in [6.07, 6.45) is 8.60. The highest BCUT2D eigenvalue weighted by atomic mass is 15.2. The van der Waals surface area contributed by atoms with Crippen LogP contribution in [0.1, 0.15) is 5.56 Å². The average Bonchev–Trinajstić information content (AvgIpc) is 3.60. The first-order chi connectivity index (χ1) is 17.3. The number of benzene rings is 3. The van der Waals surface area contributed by atoms with Gasteiger partial charge in [0.15, 0.2) is 0 Å². The molecule has 6 heteroatoms. The number of aromatic nitrogens is 5. The van der Waals surface area contributed by atoms with Gasteiger partial charge in [0.2, 0.25) is 5.95 Å². The van der Waals surface area contributed by atoms with Crippen molar-refractivity contribution in [2.24, 2.45) is 0 Å². The number of hydrogen-bond acceptors (Lipinski definition) is 4. The number of hydrogen-bond donors (Lipinski definition) is 1. The fourth-order valence-corrected chi connectivity index (χ4v) is 4.24. The van der Waals surface area contributed by atoms with Gasteiger partial charge in [-0.2, -0.15) is 4.98 Å². The summed E-state index contributed by atoms with van der Waals surface area (Å²) in [5.74, 6) is 1.40. The summed E-state index contributed by atoms with van der Waals surface area (Å²) in [7, 11) is 0. The average molecular weight is 457 g/mol. The van der Waals surface area contributed by atoms with Crippen molar-refractivity contribution in [3.8, 4) is 22.6 Å². The third-order valence-corrected chi connectivity index (χ3v) is 6.08. The van der Waals surface area contributed by atoms with Gasteiger partial charge in [0.25, 0.3) is 0 Å². The molecule has 0 aliphatic carbocycles. The zero-order chi connectivity index (χ0) is 23.5. The molecule has 0 saturated carbocycles. The zero-order valence-corrected chi connectivity index (χ0v) is 19.1. The molecule has 0 saturated heterocycles. The maximum Gasteiger partial charge on any atom is 0.224 e. The fraction of sp³-hybridized carbons (Fsp3) is 0.0690. The molecule has 3 aromatic heterocycles. The van der Waals surface area contributed by atoms with Gasteiger partial charge in [-0.3, -0.25) is 4.57 Å². The van der Waals surface area contributed by atoms with Crippen molar-refractivity contribution in [1.82, 2.24) is 24.1 Å². The molecule has 6 aromatic rings. The zero-order valence-electron chi connectivity index (χ0n) is 19.1. The minimum absolute atomic E-state index is 0.611. The molecule has 0 bridgehead atoms. The number of fused-ring (bicyclic) bond motifs is 1. The van der Waals surface area contributed by atoms with Crippen LogP contribution in [0.5, 0.6) is 0 Å². The van der Waals surface area contributed by atoms with Gasteiger partial charge in [-0.05, 0) is 65.6 Å². The molecule has 0 radical (unpaired) electrons. The monoisotopic (exact) mass is 456 g/mol. The molecule has 170 valence electrons. The molecule has 0 aliphatic rings. The predicted molar refractivity (Wildman–Crippen MR) is 140 cm³/mol. The number of rotatable bonds is 7. The summed E-state index contributed by atoms with van der Waals surface area (Å²) < 4.78 is 4.10. The Morgan fingerprint density at radius 3 is 2.37 bits per heavy atom. The number of anilines is 1. The minimum Gasteiger partial charge on any atom is -0.354 e. The molecule has 0 fully saturated rings. The summed E-state index contributed by atoms with van der Waals surface area (Å²) in [5.41, 5.74) is 6.64. The van der Waals surface area contributed by atoms with Gasteiger partial charge in [0, 0.05) is 30.8 Å². The van der Waals surface area contributed by atoms with E-state index >= 15 is 0 Å². The summed E-state index contributed by atoms with van der Waals surface area (Å²) in [4.78, 5) is 13.7. The lowest BCUT2D eigenvalue weighted by molar-refractivity contribution is 0.953. The molecule has 0 amide bonds. The highest BCUT2D eigenvalue weighted by Gasteiger charge is 2.09. The lowest BCUT2D eigenvalue weighted by Gasteiger charge is -2.08. The van der Waals surface area contributed by atoms with Crippen LogP contribution in [0.3, 0.4) is 0 Å². The standard InChI is InChI=1S/C29H24N6/c1-2-6-22(7-3-1)14-16-30-29-31-17-15-28(33-29)35-21-32-26-20-24(10-13-27(26)35)23-8-11-25(12-9-23)34-18-4-5-19-34/h1-13,15,17-21H,14,16H2,(H,30,31,33). The van der Waals surface area contributed by atoms with Crippen LogP contribution >= 0.6 is 0 Å². The van der Waals surface area contributed by atoms with E-state index in [-0.39, 0.29) is 0 Å². The summed E-state index contributed by atoms with van der Waals surface area (Å²) in [5, 5.41) is 3.33. The number of imidazole rings is 1. The smallest absolute Gasteiger partial charge is 0.224 e. The molecule has 3 aromatic carbocycles. The second-order valence-electron chi connectivity index (χ2n) is 8.36. The minimum atomic E-state index is 0.611. The molecule has 0 spiro atoms. The number of nitrogens with zero attached hydrogens (tertiary/aromatic N) is 5. The Labute approximate surface area is 203 Å². The maximum atomic E-state index is 4.71. The van der Waals surface area contributed by atoms with Crippen LogP contribution in [0, 0.1) is 0 Å². The fourth-order valence-electron chi connectivity index (χ4n) is 4.24. The Hall–Kier alpha value is -4.71. The highest BCUT2D eigenvalue weighted by molar-refractivity contribution is 5.83. The van der Waals surface area contributed by atoms with Crippen molar-refractivity contribution in [1.29, 1.82) is 0 Å². The molecule has 0 aliphatic heterocycles. The first-order valence-electron chi connectivity index (χ1n) is 11.7. The Kier molecular flexibility index (Phi) is 5.53. The summed E-state index contributed by atoms with van der Waals surface area (Å²) >= 11 is 0. The molecule has 35 heavy (non-hydrogen) atoms. The Balaban J connectivity index is 1.21. The van der Waals surface area contributed by atoms with Crippen LogP contribution in [0.2, 0.25) is 0 Å². The SMILES string of the molecule is c1ccc(CCNc2nccc(-n3cnc4cc(-c5ccc(-n6cccc6)cc5)ccc43)n2)cc1. The van der Waals surface area contributed by atoms with E-state index in [0.29, 0.717) is 5.95 Å². The number of nitrogens with one attached hydrogen (secondary N) is 1. The molecule has 0 atom stereocenters. The van der Waals surface area contributed by atoms with Crippen LogP contribution in [0.25, 0.3) is 33.7 Å². The molecule has 3 heterocycles. The quantitative estimate of drug-likeness (QED) is 0.324. The molecular formula is C29H24N6. The second-order valence-corrected chi connectivity index (χ2v) is 8.36. The van der Waals surface area contributed by atoms with Crippen molar-refractivity contribution in [2.45, 2.75) is 6.42 Å². The van der Waals surface area contributed by atoms with E-state index in [1.165, 1.54) is 5.56 Å². The van der Waals surface area contributed by atoms with Crippen molar-refractivity contribution < 1.29 is 0 Å². The molecule has 6 rings (SSSR count). The van der Waals surface area contributed by atoms with E-state index in [0.717, 1.165) is 46.6 Å². The van der Waals surface area contributed by atoms with E-state index in [1.807, 2.05) is 47.6 Å². The van der Waals surface area contributed by atoms with Crippen LogP contribution in [0.4, 0.5) is 5.95 Å². The van der Waals surface area contributed by atoms with E-state index in [2.05, 4.69) is 86.6 Å². The van der Waals surface area contributed by atoms with Gasteiger partial charge >= 0.3 is 0 Å². The molecular weight excluding hydrogens is 432 g/mol.